The number of nitrogens with zero attached hydrogens (tertiary/aromatic N) is 4. The second-order valence-corrected chi connectivity index (χ2v) is 5.57. The lowest BCUT2D eigenvalue weighted by Gasteiger charge is -2.08. The third-order valence-corrected chi connectivity index (χ3v) is 3.86. The van der Waals surface area contributed by atoms with Gasteiger partial charge in [0.1, 0.15) is 12.1 Å². The molecule has 0 unspecified atom stereocenters. The highest BCUT2D eigenvalue weighted by atomic mass is 16.5. The predicted octanol–water partition coefficient (Wildman–Crippen LogP) is 1.78. The summed E-state index contributed by atoms with van der Waals surface area (Å²) in [6.07, 6.45) is 2.73. The van der Waals surface area contributed by atoms with Crippen LogP contribution < -0.4 is 10.1 Å². The molecule has 7 nitrogen and oxygen atoms in total. The van der Waals surface area contributed by atoms with Gasteiger partial charge in [-0.05, 0) is 45.8 Å². The summed E-state index contributed by atoms with van der Waals surface area (Å²) in [5, 5.41) is 14.0. The molecule has 0 saturated carbocycles. The van der Waals surface area contributed by atoms with Gasteiger partial charge < -0.3 is 10.1 Å². The molecular weight excluding hydrogens is 306 g/mol. The van der Waals surface area contributed by atoms with Crippen molar-refractivity contribution < 1.29 is 9.53 Å². The van der Waals surface area contributed by atoms with Crippen molar-refractivity contribution in [2.45, 2.75) is 12.8 Å². The third-order valence-electron chi connectivity index (χ3n) is 3.86. The summed E-state index contributed by atoms with van der Waals surface area (Å²) in [7, 11) is 0. The largest absolute Gasteiger partial charge is 0.493 e. The maximum atomic E-state index is 12.3. The van der Waals surface area contributed by atoms with Crippen LogP contribution >= 0.6 is 0 Å². The van der Waals surface area contributed by atoms with Crippen molar-refractivity contribution >= 4 is 11.6 Å². The number of fused-ring (bicyclic) bond motifs is 1. The highest BCUT2D eigenvalue weighted by molar-refractivity contribution is 5.92. The number of nitrogens with one attached hydrogen (secondary N) is 1. The smallest absolute Gasteiger partial charge is 0.228 e. The molecule has 1 aliphatic rings. The molecule has 1 N–H and O–H groups in total. The van der Waals surface area contributed by atoms with Crippen molar-refractivity contribution in [1.82, 2.24) is 20.2 Å². The standard InChI is InChI=1S/C17H15N5O2/c23-17(9-12-4-5-16-13(8-12)6-7-24-16)19-14-2-1-3-15(10-14)22-11-18-20-21-22/h1-5,8,10-11H,6-7,9H2,(H,19,23). The van der Waals surface area contributed by atoms with Crippen molar-refractivity contribution in [2.75, 3.05) is 11.9 Å². The Kier molecular flexibility index (Phi) is 3.66. The summed E-state index contributed by atoms with van der Waals surface area (Å²) in [6.45, 7) is 0.717. The van der Waals surface area contributed by atoms with E-state index in [0.717, 1.165) is 30.0 Å². The van der Waals surface area contributed by atoms with E-state index < -0.39 is 0 Å². The first-order valence-electron chi connectivity index (χ1n) is 7.66. The molecule has 1 aliphatic heterocycles. The molecule has 120 valence electrons. The van der Waals surface area contributed by atoms with E-state index >= 15 is 0 Å². The Morgan fingerprint density at radius 2 is 2.21 bits per heavy atom. The van der Waals surface area contributed by atoms with Gasteiger partial charge in [-0.15, -0.1) is 5.10 Å². The van der Waals surface area contributed by atoms with Gasteiger partial charge >= 0.3 is 0 Å². The summed E-state index contributed by atoms with van der Waals surface area (Å²) in [6, 6.07) is 13.3. The molecule has 2 heterocycles. The van der Waals surface area contributed by atoms with Gasteiger partial charge in [0.2, 0.25) is 5.91 Å². The second kappa shape index (κ2) is 6.11. The first-order valence-corrected chi connectivity index (χ1v) is 7.66. The van der Waals surface area contributed by atoms with E-state index in [1.807, 2.05) is 42.5 Å². The minimum Gasteiger partial charge on any atom is -0.493 e. The van der Waals surface area contributed by atoms with Crippen LogP contribution in [0.15, 0.2) is 48.8 Å². The number of aromatic nitrogens is 4. The van der Waals surface area contributed by atoms with Gasteiger partial charge in [0.05, 0.1) is 18.7 Å². The Balaban J connectivity index is 1.45. The molecule has 0 aliphatic carbocycles. The third kappa shape index (κ3) is 2.96. The van der Waals surface area contributed by atoms with E-state index in [9.17, 15) is 4.79 Å². The number of benzene rings is 2. The summed E-state index contributed by atoms with van der Waals surface area (Å²) < 4.78 is 7.02. The van der Waals surface area contributed by atoms with Gasteiger partial charge in [-0.1, -0.05) is 18.2 Å². The van der Waals surface area contributed by atoms with E-state index in [2.05, 4.69) is 20.8 Å². The van der Waals surface area contributed by atoms with Crippen molar-refractivity contribution in [3.05, 3.63) is 59.9 Å². The lowest BCUT2D eigenvalue weighted by molar-refractivity contribution is -0.115. The lowest BCUT2D eigenvalue weighted by Crippen LogP contribution is -2.14. The molecule has 1 aromatic heterocycles. The lowest BCUT2D eigenvalue weighted by atomic mass is 10.1. The number of hydrogen-bond donors (Lipinski definition) is 1. The zero-order chi connectivity index (χ0) is 16.4. The predicted molar refractivity (Wildman–Crippen MR) is 87.1 cm³/mol. The van der Waals surface area contributed by atoms with Crippen LogP contribution in [0.4, 0.5) is 5.69 Å². The van der Waals surface area contributed by atoms with E-state index in [0.29, 0.717) is 12.1 Å². The van der Waals surface area contributed by atoms with E-state index in [4.69, 9.17) is 4.74 Å². The van der Waals surface area contributed by atoms with Crippen LogP contribution in [0.3, 0.4) is 0 Å². The molecule has 0 fully saturated rings. The van der Waals surface area contributed by atoms with Crippen LogP contribution in [-0.2, 0) is 17.6 Å². The Morgan fingerprint density at radius 1 is 1.25 bits per heavy atom. The summed E-state index contributed by atoms with van der Waals surface area (Å²) >= 11 is 0. The normalized spacial score (nSPS) is 12.5. The maximum absolute atomic E-state index is 12.3. The van der Waals surface area contributed by atoms with Crippen LogP contribution in [0, 0.1) is 0 Å². The molecule has 2 aromatic carbocycles. The van der Waals surface area contributed by atoms with E-state index in [1.54, 1.807) is 0 Å². The minimum absolute atomic E-state index is 0.0669. The van der Waals surface area contributed by atoms with Crippen LogP contribution in [0.2, 0.25) is 0 Å². The molecule has 3 aromatic rings. The number of amides is 1. The van der Waals surface area contributed by atoms with Crippen LogP contribution in [0.25, 0.3) is 5.69 Å². The molecule has 24 heavy (non-hydrogen) atoms. The Labute approximate surface area is 138 Å². The average molecular weight is 321 g/mol. The second-order valence-electron chi connectivity index (χ2n) is 5.57. The van der Waals surface area contributed by atoms with Crippen LogP contribution in [0.1, 0.15) is 11.1 Å². The zero-order valence-corrected chi connectivity index (χ0v) is 12.8. The molecular formula is C17H15N5O2. The topological polar surface area (TPSA) is 81.9 Å². The molecule has 0 atom stereocenters. The minimum atomic E-state index is -0.0669. The Morgan fingerprint density at radius 3 is 3.08 bits per heavy atom. The fourth-order valence-electron chi connectivity index (χ4n) is 2.75. The van der Waals surface area contributed by atoms with Crippen molar-refractivity contribution in [1.29, 1.82) is 0 Å². The van der Waals surface area contributed by atoms with E-state index in [-0.39, 0.29) is 5.91 Å². The van der Waals surface area contributed by atoms with Gasteiger partial charge in [-0.25, -0.2) is 4.68 Å². The molecule has 0 saturated heterocycles. The van der Waals surface area contributed by atoms with Gasteiger partial charge in [-0.3, -0.25) is 4.79 Å². The molecule has 0 radical (unpaired) electrons. The highest BCUT2D eigenvalue weighted by Crippen LogP contribution is 2.26. The average Bonchev–Trinajstić information content (AvgIpc) is 3.26. The number of tetrazole rings is 1. The van der Waals surface area contributed by atoms with Crippen LogP contribution in [0.5, 0.6) is 5.75 Å². The number of rotatable bonds is 4. The number of carbonyl (C=O) groups excluding carboxylic acids is 1. The first kappa shape index (κ1) is 14.4. The van der Waals surface area contributed by atoms with Gasteiger partial charge in [0.15, 0.2) is 0 Å². The number of hydrogen-bond acceptors (Lipinski definition) is 5. The van der Waals surface area contributed by atoms with E-state index in [1.165, 1.54) is 16.6 Å². The van der Waals surface area contributed by atoms with Gasteiger partial charge in [0, 0.05) is 12.1 Å². The van der Waals surface area contributed by atoms with Crippen molar-refractivity contribution in [3.8, 4) is 11.4 Å². The number of anilines is 1. The monoisotopic (exact) mass is 321 g/mol. The molecule has 0 bridgehead atoms. The Hall–Kier alpha value is -3.22. The zero-order valence-electron chi connectivity index (χ0n) is 12.8. The number of carbonyl (C=O) groups is 1. The first-order chi connectivity index (χ1) is 11.8. The van der Waals surface area contributed by atoms with Gasteiger partial charge in [-0.2, -0.15) is 0 Å². The summed E-state index contributed by atoms with van der Waals surface area (Å²) in [5.74, 6) is 0.857. The molecule has 1 amide bonds. The Bertz CT molecular complexity index is 876. The van der Waals surface area contributed by atoms with Crippen molar-refractivity contribution in [3.63, 3.8) is 0 Å². The quantitative estimate of drug-likeness (QED) is 0.792. The van der Waals surface area contributed by atoms with Crippen molar-refractivity contribution in [2.24, 2.45) is 0 Å². The number of ether oxygens (including phenoxy) is 1. The fraction of sp³-hybridized carbons (Fsp3) is 0.176. The molecule has 0 spiro atoms. The summed E-state index contributed by atoms with van der Waals surface area (Å²) in [5.41, 5.74) is 3.64. The fourth-order valence-corrected chi connectivity index (χ4v) is 2.75. The maximum Gasteiger partial charge on any atom is 0.228 e. The van der Waals surface area contributed by atoms with Gasteiger partial charge in [0.25, 0.3) is 0 Å². The molecule has 7 heteroatoms. The molecule has 4 rings (SSSR count). The SMILES string of the molecule is O=C(Cc1ccc2c(c1)CCO2)Nc1cccc(-n2cnnn2)c1. The van der Waals surface area contributed by atoms with Crippen LogP contribution in [-0.4, -0.2) is 32.7 Å². The highest BCUT2D eigenvalue weighted by Gasteiger charge is 2.13. The summed E-state index contributed by atoms with van der Waals surface area (Å²) in [4.78, 5) is 12.3.